The number of carbonyl (C=O) groups is 1. The Bertz CT molecular complexity index is 754. The Labute approximate surface area is 151 Å². The maximum absolute atomic E-state index is 12.5. The molecule has 1 N–H and O–H groups in total. The Morgan fingerprint density at radius 3 is 2.46 bits per heavy atom. The number of halogens is 2. The number of hydrogen-bond donors (Lipinski definition) is 1. The fourth-order valence-corrected chi connectivity index (χ4v) is 3.08. The van der Waals surface area contributed by atoms with Gasteiger partial charge in [-0.05, 0) is 57.3 Å². The van der Waals surface area contributed by atoms with Crippen LogP contribution in [0.15, 0.2) is 29.2 Å². The first-order valence-electron chi connectivity index (χ1n) is 6.79. The zero-order valence-electron chi connectivity index (χ0n) is 13.1. The molecule has 5 nitrogen and oxygen atoms in total. The van der Waals surface area contributed by atoms with Crippen LogP contribution >= 0.6 is 35.3 Å². The molecule has 0 aliphatic carbocycles. The van der Waals surface area contributed by atoms with Gasteiger partial charge in [-0.15, -0.1) is 5.10 Å². The first-order valence-corrected chi connectivity index (χ1v) is 8.89. The maximum atomic E-state index is 12.5. The lowest BCUT2D eigenvalue weighted by molar-refractivity contribution is 0.0599. The summed E-state index contributed by atoms with van der Waals surface area (Å²) in [6.45, 7) is 5.24. The van der Waals surface area contributed by atoms with Crippen LogP contribution < -0.4 is 4.90 Å². The third-order valence-corrected chi connectivity index (χ3v) is 4.31. The molecule has 2 rings (SSSR count). The SMILES string of the molecule is CC(C)(C)OC(=O)N(c1ccc(SC(F)F)cc1)c1n[nH]c(=S)s1. The standard InChI is InChI=1S/C14H15F2N3O2S3/c1-14(2,3)21-13(20)19(11-17-18-12(22)24-11)8-4-6-9(7-5-8)23-10(15)16/h4-7,10H,1-3H3,(H,18,22). The highest BCUT2D eigenvalue weighted by Crippen LogP contribution is 2.32. The van der Waals surface area contributed by atoms with Crippen LogP contribution in [0.5, 0.6) is 0 Å². The van der Waals surface area contributed by atoms with Crippen molar-refractivity contribution >= 4 is 52.2 Å². The number of nitrogens with zero attached hydrogens (tertiary/aromatic N) is 2. The number of aromatic amines is 1. The minimum Gasteiger partial charge on any atom is -0.443 e. The van der Waals surface area contributed by atoms with Gasteiger partial charge in [0, 0.05) is 4.90 Å². The highest BCUT2D eigenvalue weighted by Gasteiger charge is 2.27. The Kier molecular flexibility index (Phi) is 5.94. The van der Waals surface area contributed by atoms with E-state index in [4.69, 9.17) is 17.0 Å². The summed E-state index contributed by atoms with van der Waals surface area (Å²) in [7, 11) is 0. The predicted molar refractivity (Wildman–Crippen MR) is 94.0 cm³/mol. The van der Waals surface area contributed by atoms with Gasteiger partial charge in [-0.1, -0.05) is 23.1 Å². The van der Waals surface area contributed by atoms with Crippen molar-refractivity contribution < 1.29 is 18.3 Å². The maximum Gasteiger partial charge on any atom is 0.421 e. The fourth-order valence-electron chi connectivity index (χ4n) is 1.70. The van der Waals surface area contributed by atoms with Crippen molar-refractivity contribution in [2.75, 3.05) is 4.90 Å². The minimum atomic E-state index is -2.51. The van der Waals surface area contributed by atoms with E-state index in [9.17, 15) is 13.6 Å². The van der Waals surface area contributed by atoms with E-state index in [1.54, 1.807) is 32.9 Å². The number of thioether (sulfide) groups is 1. The van der Waals surface area contributed by atoms with E-state index < -0.39 is 17.5 Å². The summed E-state index contributed by atoms with van der Waals surface area (Å²) in [6, 6.07) is 6.13. The van der Waals surface area contributed by atoms with Crippen LogP contribution in [0.4, 0.5) is 24.4 Å². The molecule has 1 aromatic carbocycles. The number of H-pyrrole nitrogens is 1. The Morgan fingerprint density at radius 2 is 2.00 bits per heavy atom. The summed E-state index contributed by atoms with van der Waals surface area (Å²) >= 11 is 6.54. The molecule has 0 fully saturated rings. The van der Waals surface area contributed by atoms with E-state index >= 15 is 0 Å². The van der Waals surface area contributed by atoms with Gasteiger partial charge in [0.15, 0.2) is 3.95 Å². The zero-order chi connectivity index (χ0) is 17.9. The zero-order valence-corrected chi connectivity index (χ0v) is 15.5. The molecule has 0 radical (unpaired) electrons. The molecule has 1 aromatic heterocycles. The second kappa shape index (κ2) is 7.58. The monoisotopic (exact) mass is 391 g/mol. The van der Waals surface area contributed by atoms with Gasteiger partial charge in [0.05, 0.1) is 5.69 Å². The molecule has 24 heavy (non-hydrogen) atoms. The summed E-state index contributed by atoms with van der Waals surface area (Å²) in [5, 5.41) is 6.92. The number of anilines is 2. The number of nitrogens with one attached hydrogen (secondary N) is 1. The molecular formula is C14H15F2N3O2S3. The fraction of sp³-hybridized carbons (Fsp3) is 0.357. The third-order valence-electron chi connectivity index (χ3n) is 2.51. The first-order chi connectivity index (χ1) is 11.2. The van der Waals surface area contributed by atoms with E-state index in [0.29, 0.717) is 31.4 Å². The lowest BCUT2D eigenvalue weighted by Crippen LogP contribution is -2.33. The summed E-state index contributed by atoms with van der Waals surface area (Å²) in [6.07, 6.45) is -0.630. The van der Waals surface area contributed by atoms with Gasteiger partial charge in [0.1, 0.15) is 5.60 Å². The lowest BCUT2D eigenvalue weighted by Gasteiger charge is -2.25. The van der Waals surface area contributed by atoms with E-state index in [1.807, 2.05) is 0 Å². The van der Waals surface area contributed by atoms with Crippen molar-refractivity contribution in [3.8, 4) is 0 Å². The van der Waals surface area contributed by atoms with Gasteiger partial charge in [0.2, 0.25) is 5.13 Å². The van der Waals surface area contributed by atoms with E-state index in [1.165, 1.54) is 17.0 Å². The van der Waals surface area contributed by atoms with Crippen molar-refractivity contribution in [3.05, 3.63) is 28.2 Å². The molecule has 0 saturated carbocycles. The van der Waals surface area contributed by atoms with Crippen LogP contribution in [0.25, 0.3) is 0 Å². The molecule has 0 unspecified atom stereocenters. The minimum absolute atomic E-state index is 0.309. The van der Waals surface area contributed by atoms with E-state index in [-0.39, 0.29) is 0 Å². The van der Waals surface area contributed by atoms with Crippen LogP contribution in [0.3, 0.4) is 0 Å². The normalized spacial score (nSPS) is 11.6. The van der Waals surface area contributed by atoms with Gasteiger partial charge in [0.25, 0.3) is 5.76 Å². The highest BCUT2D eigenvalue weighted by molar-refractivity contribution is 7.99. The predicted octanol–water partition coefficient (Wildman–Crippen LogP) is 5.59. The van der Waals surface area contributed by atoms with Gasteiger partial charge in [-0.2, -0.15) is 8.78 Å². The summed E-state index contributed by atoms with van der Waals surface area (Å²) in [5.74, 6) is -2.51. The molecule has 0 atom stereocenters. The second-order valence-corrected chi connectivity index (χ2v) is 8.29. The Balaban J connectivity index is 2.35. The van der Waals surface area contributed by atoms with Crippen LogP contribution in [0.2, 0.25) is 0 Å². The molecule has 0 aliphatic rings. The number of aromatic nitrogens is 2. The molecule has 10 heteroatoms. The van der Waals surface area contributed by atoms with Crippen molar-refractivity contribution in [2.24, 2.45) is 0 Å². The quantitative estimate of drug-likeness (QED) is 0.544. The number of ether oxygens (including phenoxy) is 1. The Morgan fingerprint density at radius 1 is 1.38 bits per heavy atom. The number of rotatable bonds is 4. The summed E-state index contributed by atoms with van der Waals surface area (Å²) in [5.41, 5.74) is -0.251. The van der Waals surface area contributed by atoms with Crippen LogP contribution in [-0.4, -0.2) is 27.6 Å². The lowest BCUT2D eigenvalue weighted by atomic mass is 10.2. The molecule has 1 heterocycles. The molecule has 0 bridgehead atoms. The average Bonchev–Trinajstić information content (AvgIpc) is 2.84. The molecule has 0 aliphatic heterocycles. The van der Waals surface area contributed by atoms with Crippen molar-refractivity contribution in [1.29, 1.82) is 0 Å². The average molecular weight is 391 g/mol. The van der Waals surface area contributed by atoms with Crippen molar-refractivity contribution in [2.45, 2.75) is 37.0 Å². The molecule has 0 spiro atoms. The van der Waals surface area contributed by atoms with E-state index in [0.717, 1.165) is 11.3 Å². The van der Waals surface area contributed by atoms with Gasteiger partial charge < -0.3 is 4.74 Å². The number of carbonyl (C=O) groups excluding carboxylic acids is 1. The molecule has 1 amide bonds. The van der Waals surface area contributed by atoms with Gasteiger partial charge >= 0.3 is 6.09 Å². The van der Waals surface area contributed by atoms with Crippen LogP contribution in [-0.2, 0) is 4.74 Å². The number of amides is 1. The van der Waals surface area contributed by atoms with Gasteiger partial charge in [-0.3, -0.25) is 5.10 Å². The Hall–Kier alpha value is -1.52. The third kappa shape index (κ3) is 5.25. The van der Waals surface area contributed by atoms with Gasteiger partial charge in [-0.25, -0.2) is 9.69 Å². The largest absolute Gasteiger partial charge is 0.443 e. The number of hydrogen-bond acceptors (Lipinski definition) is 6. The van der Waals surface area contributed by atoms with E-state index in [2.05, 4.69) is 10.2 Å². The summed E-state index contributed by atoms with van der Waals surface area (Å²) < 4.78 is 30.6. The number of alkyl halides is 2. The highest BCUT2D eigenvalue weighted by atomic mass is 32.2. The first kappa shape index (κ1) is 18.8. The second-order valence-electron chi connectivity index (χ2n) is 5.58. The molecule has 130 valence electrons. The van der Waals surface area contributed by atoms with Crippen molar-refractivity contribution in [1.82, 2.24) is 10.2 Å². The topological polar surface area (TPSA) is 58.2 Å². The van der Waals surface area contributed by atoms with Crippen LogP contribution in [0.1, 0.15) is 20.8 Å². The molecule has 2 aromatic rings. The van der Waals surface area contributed by atoms with Crippen molar-refractivity contribution in [3.63, 3.8) is 0 Å². The molecule has 0 saturated heterocycles. The number of benzene rings is 1. The van der Waals surface area contributed by atoms with Crippen LogP contribution in [0, 0.1) is 3.95 Å². The smallest absolute Gasteiger partial charge is 0.421 e. The molecular weight excluding hydrogens is 376 g/mol. The summed E-state index contributed by atoms with van der Waals surface area (Å²) in [4.78, 5) is 14.2.